The SMILES string of the molecule is Cc1ccc(C)c(OCC(=O)Nc2sc3c(c2C(N)=O)CC[C@@H](C)C3)c1C. The van der Waals surface area contributed by atoms with E-state index in [1.165, 1.54) is 11.3 Å². The van der Waals surface area contributed by atoms with Crippen LogP contribution < -0.4 is 15.8 Å². The van der Waals surface area contributed by atoms with E-state index in [4.69, 9.17) is 10.5 Å². The number of rotatable bonds is 5. The predicted molar refractivity (Wildman–Crippen MR) is 109 cm³/mol. The number of primary amides is 1. The highest BCUT2D eigenvalue weighted by molar-refractivity contribution is 7.17. The topological polar surface area (TPSA) is 81.4 Å². The van der Waals surface area contributed by atoms with Gasteiger partial charge in [0, 0.05) is 4.88 Å². The quantitative estimate of drug-likeness (QED) is 0.817. The second kappa shape index (κ2) is 7.72. The standard InChI is InChI=1S/C21H26N2O3S/c1-11-5-8-15-16(9-11)27-21(18(15)20(22)25)23-17(24)10-26-19-13(3)7-6-12(2)14(19)4/h6-7,11H,5,8-10H2,1-4H3,(H2,22,25)(H,23,24)/t11-/m1/s1. The Bertz CT molecular complexity index is 901. The van der Waals surface area contributed by atoms with Gasteiger partial charge in [-0.2, -0.15) is 0 Å². The number of ether oxygens (including phenoxy) is 1. The number of benzene rings is 1. The minimum atomic E-state index is -0.483. The van der Waals surface area contributed by atoms with Gasteiger partial charge in [-0.25, -0.2) is 0 Å². The molecule has 1 aliphatic rings. The fourth-order valence-electron chi connectivity index (χ4n) is 3.55. The van der Waals surface area contributed by atoms with Crippen LogP contribution in [0.5, 0.6) is 5.75 Å². The normalized spacial score (nSPS) is 15.9. The molecular weight excluding hydrogens is 360 g/mol. The summed E-state index contributed by atoms with van der Waals surface area (Å²) in [6, 6.07) is 4.02. The van der Waals surface area contributed by atoms with Gasteiger partial charge in [0.15, 0.2) is 6.61 Å². The van der Waals surface area contributed by atoms with Crippen LogP contribution in [-0.2, 0) is 17.6 Å². The second-order valence-corrected chi connectivity index (χ2v) is 8.52. The summed E-state index contributed by atoms with van der Waals surface area (Å²) >= 11 is 1.46. The molecule has 0 radical (unpaired) electrons. The molecule has 6 heteroatoms. The van der Waals surface area contributed by atoms with Gasteiger partial charge < -0.3 is 15.8 Å². The van der Waals surface area contributed by atoms with Gasteiger partial charge in [0.2, 0.25) is 0 Å². The van der Waals surface area contributed by atoms with Gasteiger partial charge >= 0.3 is 0 Å². The molecule has 2 amide bonds. The third-order valence-corrected chi connectivity index (χ3v) is 6.40. The molecule has 0 unspecified atom stereocenters. The third kappa shape index (κ3) is 4.00. The number of fused-ring (bicyclic) bond motifs is 1. The molecule has 3 N–H and O–H groups in total. The van der Waals surface area contributed by atoms with E-state index in [1.807, 2.05) is 32.9 Å². The fraction of sp³-hybridized carbons (Fsp3) is 0.429. The van der Waals surface area contributed by atoms with Crippen LogP contribution in [0, 0.1) is 26.7 Å². The van der Waals surface area contributed by atoms with Gasteiger partial charge in [0.1, 0.15) is 10.8 Å². The van der Waals surface area contributed by atoms with Crippen LogP contribution in [0.3, 0.4) is 0 Å². The summed E-state index contributed by atoms with van der Waals surface area (Å²) in [5, 5.41) is 3.39. The molecule has 144 valence electrons. The van der Waals surface area contributed by atoms with Crippen molar-refractivity contribution in [1.82, 2.24) is 0 Å². The minimum absolute atomic E-state index is 0.109. The first-order chi connectivity index (χ1) is 12.8. The summed E-state index contributed by atoms with van der Waals surface area (Å²) in [6.07, 6.45) is 2.79. The molecule has 5 nitrogen and oxygen atoms in total. The number of carbonyl (C=O) groups is 2. The van der Waals surface area contributed by atoms with E-state index in [1.54, 1.807) is 0 Å². The number of thiophene rings is 1. The second-order valence-electron chi connectivity index (χ2n) is 7.41. The lowest BCUT2D eigenvalue weighted by molar-refractivity contribution is -0.118. The van der Waals surface area contributed by atoms with Crippen molar-refractivity contribution >= 4 is 28.2 Å². The molecule has 1 aliphatic carbocycles. The molecule has 3 rings (SSSR count). The van der Waals surface area contributed by atoms with E-state index in [9.17, 15) is 9.59 Å². The average Bonchev–Trinajstić information content (AvgIpc) is 2.95. The zero-order chi connectivity index (χ0) is 19.7. The molecule has 1 atom stereocenters. The largest absolute Gasteiger partial charge is 0.483 e. The Morgan fingerprint density at radius 2 is 1.96 bits per heavy atom. The van der Waals surface area contributed by atoms with E-state index in [0.717, 1.165) is 52.1 Å². The van der Waals surface area contributed by atoms with Crippen LogP contribution in [0.1, 0.15) is 50.8 Å². The van der Waals surface area contributed by atoms with E-state index in [0.29, 0.717) is 16.5 Å². The Morgan fingerprint density at radius 3 is 2.67 bits per heavy atom. The molecule has 0 spiro atoms. The van der Waals surface area contributed by atoms with E-state index in [2.05, 4.69) is 12.2 Å². The molecule has 0 saturated heterocycles. The highest BCUT2D eigenvalue weighted by atomic mass is 32.1. The van der Waals surface area contributed by atoms with E-state index < -0.39 is 5.91 Å². The Morgan fingerprint density at radius 1 is 1.26 bits per heavy atom. The Hall–Kier alpha value is -2.34. The zero-order valence-corrected chi connectivity index (χ0v) is 17.1. The number of anilines is 1. The van der Waals surface area contributed by atoms with E-state index in [-0.39, 0.29) is 12.5 Å². The van der Waals surface area contributed by atoms with Crippen LogP contribution in [0.2, 0.25) is 0 Å². The first kappa shape index (κ1) is 19.4. The first-order valence-corrected chi connectivity index (χ1v) is 10.0. The van der Waals surface area contributed by atoms with Crippen LogP contribution in [0.15, 0.2) is 12.1 Å². The molecule has 2 aromatic rings. The van der Waals surface area contributed by atoms with Crippen molar-refractivity contribution in [2.45, 2.75) is 47.0 Å². The molecule has 0 fully saturated rings. The van der Waals surface area contributed by atoms with Crippen molar-refractivity contribution in [3.8, 4) is 5.75 Å². The summed E-state index contributed by atoms with van der Waals surface area (Å²) in [4.78, 5) is 25.6. The number of amides is 2. The summed E-state index contributed by atoms with van der Waals surface area (Å²) in [5.41, 5.74) is 10.2. The van der Waals surface area contributed by atoms with Gasteiger partial charge in [-0.3, -0.25) is 9.59 Å². The lowest BCUT2D eigenvalue weighted by Crippen LogP contribution is -2.23. The minimum Gasteiger partial charge on any atom is -0.483 e. The molecule has 0 bridgehead atoms. The number of nitrogens with one attached hydrogen (secondary N) is 1. The molecule has 1 heterocycles. The van der Waals surface area contributed by atoms with Crippen molar-refractivity contribution in [2.75, 3.05) is 11.9 Å². The van der Waals surface area contributed by atoms with Gasteiger partial charge in [-0.05, 0) is 68.2 Å². The Balaban J connectivity index is 1.75. The van der Waals surface area contributed by atoms with Gasteiger partial charge in [-0.15, -0.1) is 11.3 Å². The van der Waals surface area contributed by atoms with E-state index >= 15 is 0 Å². The van der Waals surface area contributed by atoms with Crippen LogP contribution in [0.4, 0.5) is 5.00 Å². The number of hydrogen-bond donors (Lipinski definition) is 2. The number of carbonyl (C=O) groups excluding carboxylic acids is 2. The lowest BCUT2D eigenvalue weighted by atomic mass is 9.88. The van der Waals surface area contributed by atoms with Crippen LogP contribution in [0.25, 0.3) is 0 Å². The monoisotopic (exact) mass is 386 g/mol. The van der Waals surface area contributed by atoms with Crippen LogP contribution >= 0.6 is 11.3 Å². The Kier molecular flexibility index (Phi) is 5.56. The van der Waals surface area contributed by atoms with Gasteiger partial charge in [-0.1, -0.05) is 19.1 Å². The predicted octanol–water partition coefficient (Wildman–Crippen LogP) is 3.91. The number of nitrogens with two attached hydrogens (primary N) is 1. The Labute approximate surface area is 163 Å². The van der Waals surface area contributed by atoms with Gasteiger partial charge in [0.05, 0.1) is 5.56 Å². The van der Waals surface area contributed by atoms with Crippen molar-refractivity contribution in [1.29, 1.82) is 0 Å². The maximum absolute atomic E-state index is 12.5. The molecule has 1 aromatic carbocycles. The molecular formula is C21H26N2O3S. The summed E-state index contributed by atoms with van der Waals surface area (Å²) in [7, 11) is 0. The number of hydrogen-bond acceptors (Lipinski definition) is 4. The van der Waals surface area contributed by atoms with Crippen molar-refractivity contribution in [3.63, 3.8) is 0 Å². The summed E-state index contributed by atoms with van der Waals surface area (Å²) in [6.45, 7) is 8.04. The summed E-state index contributed by atoms with van der Waals surface area (Å²) < 4.78 is 5.78. The number of aryl methyl sites for hydroxylation is 2. The zero-order valence-electron chi connectivity index (χ0n) is 16.3. The molecule has 27 heavy (non-hydrogen) atoms. The maximum Gasteiger partial charge on any atom is 0.262 e. The average molecular weight is 387 g/mol. The lowest BCUT2D eigenvalue weighted by Gasteiger charge is -2.18. The first-order valence-electron chi connectivity index (χ1n) is 9.21. The van der Waals surface area contributed by atoms with Crippen molar-refractivity contribution < 1.29 is 14.3 Å². The third-order valence-electron chi connectivity index (χ3n) is 5.23. The molecule has 0 saturated carbocycles. The summed E-state index contributed by atoms with van der Waals surface area (Å²) in [5.74, 6) is 0.545. The van der Waals surface area contributed by atoms with Crippen molar-refractivity contribution in [3.05, 3.63) is 44.8 Å². The van der Waals surface area contributed by atoms with Crippen molar-refractivity contribution in [2.24, 2.45) is 11.7 Å². The van der Waals surface area contributed by atoms with Gasteiger partial charge in [0.25, 0.3) is 11.8 Å². The van der Waals surface area contributed by atoms with Crippen LogP contribution in [-0.4, -0.2) is 18.4 Å². The maximum atomic E-state index is 12.5. The highest BCUT2D eigenvalue weighted by Gasteiger charge is 2.27. The molecule has 0 aliphatic heterocycles. The fourth-order valence-corrected chi connectivity index (χ4v) is 4.98. The highest BCUT2D eigenvalue weighted by Crippen LogP contribution is 2.39. The smallest absolute Gasteiger partial charge is 0.262 e. The molecule has 1 aromatic heterocycles.